The molecule has 114 valence electrons. The van der Waals surface area contributed by atoms with Crippen molar-refractivity contribution < 1.29 is 13.2 Å². The number of benzene rings is 1. The van der Waals surface area contributed by atoms with E-state index in [1.165, 1.54) is 11.3 Å². The van der Waals surface area contributed by atoms with Crippen molar-refractivity contribution in [3.8, 4) is 0 Å². The van der Waals surface area contributed by atoms with Crippen LogP contribution in [0.5, 0.6) is 0 Å². The molecule has 1 aromatic carbocycles. The second-order valence-corrected chi connectivity index (χ2v) is 8.04. The Bertz CT molecular complexity index is 695. The molecule has 0 aliphatic carbocycles. The molecule has 2 rings (SSSR count). The van der Waals surface area contributed by atoms with Crippen LogP contribution in [0.1, 0.15) is 16.5 Å². The van der Waals surface area contributed by atoms with Gasteiger partial charge in [0, 0.05) is 18.5 Å². The molecule has 0 fully saturated rings. The van der Waals surface area contributed by atoms with Gasteiger partial charge in [-0.3, -0.25) is 0 Å². The lowest BCUT2D eigenvalue weighted by atomic mass is 10.2. The standard InChI is InChI=1S/C14H16ClNO3S2/c1-10-3-5-11(6-4-10)21(17,18)16-9-12(19-2)13-7-8-14(15)20-13/h3-8,12,16H,9H2,1-2H3. The van der Waals surface area contributed by atoms with E-state index in [1.54, 1.807) is 37.4 Å². The molecule has 1 aromatic heterocycles. The average Bonchev–Trinajstić information content (AvgIpc) is 2.86. The minimum Gasteiger partial charge on any atom is -0.375 e. The number of sulfonamides is 1. The van der Waals surface area contributed by atoms with Gasteiger partial charge in [0.1, 0.15) is 6.10 Å². The summed E-state index contributed by atoms with van der Waals surface area (Å²) in [6.07, 6.45) is -0.359. The number of halogens is 1. The molecule has 4 nitrogen and oxygen atoms in total. The number of hydrogen-bond donors (Lipinski definition) is 1. The third-order valence-corrected chi connectivity index (χ3v) is 5.75. The van der Waals surface area contributed by atoms with Crippen LogP contribution >= 0.6 is 22.9 Å². The van der Waals surface area contributed by atoms with Crippen LogP contribution in [0.4, 0.5) is 0 Å². The molecule has 0 amide bonds. The third kappa shape index (κ3) is 4.28. The summed E-state index contributed by atoms with van der Waals surface area (Å²) in [5.74, 6) is 0. The number of nitrogens with one attached hydrogen (secondary N) is 1. The fourth-order valence-corrected chi connectivity index (χ4v) is 3.96. The second kappa shape index (κ2) is 6.89. The first-order chi connectivity index (χ1) is 9.92. The highest BCUT2D eigenvalue weighted by atomic mass is 35.5. The van der Waals surface area contributed by atoms with E-state index in [0.717, 1.165) is 10.4 Å². The Morgan fingerprint density at radius 3 is 2.43 bits per heavy atom. The fraction of sp³-hybridized carbons (Fsp3) is 0.286. The summed E-state index contributed by atoms with van der Waals surface area (Å²) >= 11 is 7.26. The molecule has 2 aromatic rings. The van der Waals surface area contributed by atoms with Gasteiger partial charge >= 0.3 is 0 Å². The number of methoxy groups -OCH3 is 1. The highest BCUT2D eigenvalue weighted by molar-refractivity contribution is 7.89. The molecule has 0 aliphatic heterocycles. The van der Waals surface area contributed by atoms with Crippen LogP contribution in [-0.4, -0.2) is 22.1 Å². The van der Waals surface area contributed by atoms with Crippen LogP contribution in [0.15, 0.2) is 41.3 Å². The zero-order chi connectivity index (χ0) is 15.5. The van der Waals surface area contributed by atoms with Gasteiger partial charge in [0.25, 0.3) is 0 Å². The fourth-order valence-electron chi connectivity index (χ4n) is 1.79. The van der Waals surface area contributed by atoms with Gasteiger partial charge in [0.15, 0.2) is 0 Å². The van der Waals surface area contributed by atoms with E-state index < -0.39 is 10.0 Å². The van der Waals surface area contributed by atoms with Crippen LogP contribution in [0.2, 0.25) is 4.34 Å². The molecular weight excluding hydrogens is 330 g/mol. The molecule has 0 saturated carbocycles. The summed E-state index contributed by atoms with van der Waals surface area (Å²) in [7, 11) is -2.00. The maximum atomic E-state index is 12.2. The van der Waals surface area contributed by atoms with E-state index in [2.05, 4.69) is 4.72 Å². The molecule has 21 heavy (non-hydrogen) atoms. The van der Waals surface area contributed by atoms with Gasteiger partial charge < -0.3 is 4.74 Å². The van der Waals surface area contributed by atoms with Gasteiger partial charge in [-0.25, -0.2) is 13.1 Å². The maximum absolute atomic E-state index is 12.2. The minimum absolute atomic E-state index is 0.156. The first kappa shape index (κ1) is 16.5. The van der Waals surface area contributed by atoms with E-state index in [-0.39, 0.29) is 17.5 Å². The average molecular weight is 346 g/mol. The largest absolute Gasteiger partial charge is 0.375 e. The van der Waals surface area contributed by atoms with Gasteiger partial charge in [0.05, 0.1) is 9.23 Å². The number of thiophene rings is 1. The molecule has 0 aliphatic rings. The zero-order valence-electron chi connectivity index (χ0n) is 11.7. The smallest absolute Gasteiger partial charge is 0.240 e. The first-order valence-electron chi connectivity index (χ1n) is 6.27. The van der Waals surface area contributed by atoms with Gasteiger partial charge in [-0.1, -0.05) is 29.3 Å². The van der Waals surface area contributed by atoms with Crippen molar-refractivity contribution in [3.05, 3.63) is 51.2 Å². The van der Waals surface area contributed by atoms with Crippen molar-refractivity contribution >= 4 is 33.0 Å². The van der Waals surface area contributed by atoms with Crippen molar-refractivity contribution in [1.29, 1.82) is 0 Å². The Morgan fingerprint density at radius 2 is 1.90 bits per heavy atom. The third-order valence-electron chi connectivity index (χ3n) is 2.99. The van der Waals surface area contributed by atoms with Crippen molar-refractivity contribution in [2.45, 2.75) is 17.9 Å². The van der Waals surface area contributed by atoms with E-state index in [1.807, 2.05) is 13.0 Å². The Hall–Kier alpha value is -0.920. The van der Waals surface area contributed by atoms with Crippen molar-refractivity contribution in [3.63, 3.8) is 0 Å². The molecule has 0 bridgehead atoms. The van der Waals surface area contributed by atoms with Crippen LogP contribution in [0.3, 0.4) is 0 Å². The number of rotatable bonds is 6. The molecule has 1 atom stereocenters. The van der Waals surface area contributed by atoms with E-state index in [9.17, 15) is 8.42 Å². The summed E-state index contributed by atoms with van der Waals surface area (Å²) in [4.78, 5) is 1.13. The lowest BCUT2D eigenvalue weighted by Gasteiger charge is -2.15. The molecule has 7 heteroatoms. The highest BCUT2D eigenvalue weighted by Crippen LogP contribution is 2.28. The molecule has 1 heterocycles. The Morgan fingerprint density at radius 1 is 1.24 bits per heavy atom. The maximum Gasteiger partial charge on any atom is 0.240 e. The van der Waals surface area contributed by atoms with Gasteiger partial charge in [-0.2, -0.15) is 0 Å². The predicted molar refractivity (Wildman–Crippen MR) is 85.4 cm³/mol. The SMILES string of the molecule is COC(CNS(=O)(=O)c1ccc(C)cc1)c1ccc(Cl)s1. The Kier molecular flexibility index (Phi) is 5.40. The molecule has 0 saturated heterocycles. The van der Waals surface area contributed by atoms with Crippen LogP contribution < -0.4 is 4.72 Å². The summed E-state index contributed by atoms with van der Waals surface area (Å²) in [5, 5.41) is 0. The normalized spacial score (nSPS) is 13.3. The molecular formula is C14H16ClNO3S2. The predicted octanol–water partition coefficient (Wildman–Crippen LogP) is 3.38. The molecule has 0 spiro atoms. The van der Waals surface area contributed by atoms with Crippen LogP contribution in [0.25, 0.3) is 0 Å². The highest BCUT2D eigenvalue weighted by Gasteiger charge is 2.19. The molecule has 1 unspecified atom stereocenters. The quantitative estimate of drug-likeness (QED) is 0.873. The number of hydrogen-bond acceptors (Lipinski definition) is 4. The lowest BCUT2D eigenvalue weighted by Crippen LogP contribution is -2.29. The van der Waals surface area contributed by atoms with Gasteiger partial charge in [0.2, 0.25) is 10.0 Å². The van der Waals surface area contributed by atoms with E-state index >= 15 is 0 Å². The molecule has 0 radical (unpaired) electrons. The number of aryl methyl sites for hydroxylation is 1. The van der Waals surface area contributed by atoms with Crippen LogP contribution in [0, 0.1) is 6.92 Å². The topological polar surface area (TPSA) is 55.4 Å². The monoisotopic (exact) mass is 345 g/mol. The van der Waals surface area contributed by atoms with Crippen molar-refractivity contribution in [2.75, 3.05) is 13.7 Å². The summed E-state index contributed by atoms with van der Waals surface area (Å²) in [6, 6.07) is 10.3. The lowest BCUT2D eigenvalue weighted by molar-refractivity contribution is 0.110. The van der Waals surface area contributed by atoms with Gasteiger partial charge in [-0.05, 0) is 31.2 Å². The van der Waals surface area contributed by atoms with Gasteiger partial charge in [-0.15, -0.1) is 11.3 Å². The van der Waals surface area contributed by atoms with E-state index in [0.29, 0.717) is 4.34 Å². The zero-order valence-corrected chi connectivity index (χ0v) is 14.1. The summed E-state index contributed by atoms with van der Waals surface area (Å²) < 4.78 is 33.0. The van der Waals surface area contributed by atoms with E-state index in [4.69, 9.17) is 16.3 Å². The van der Waals surface area contributed by atoms with Crippen LogP contribution in [-0.2, 0) is 14.8 Å². The Labute approximate surface area is 133 Å². The summed E-state index contributed by atoms with van der Waals surface area (Å²) in [6.45, 7) is 2.06. The molecule has 1 N–H and O–H groups in total. The van der Waals surface area contributed by atoms with Crippen molar-refractivity contribution in [2.24, 2.45) is 0 Å². The first-order valence-corrected chi connectivity index (χ1v) is 8.94. The Balaban J connectivity index is 2.08. The number of ether oxygens (including phenoxy) is 1. The van der Waals surface area contributed by atoms with Crippen molar-refractivity contribution in [1.82, 2.24) is 4.72 Å². The second-order valence-electron chi connectivity index (χ2n) is 4.53. The summed E-state index contributed by atoms with van der Waals surface area (Å²) in [5.41, 5.74) is 1.01. The minimum atomic E-state index is -3.54.